The molecule has 1 aliphatic rings. The van der Waals surface area contributed by atoms with Crippen LogP contribution in [0.5, 0.6) is 0 Å². The second-order valence-corrected chi connectivity index (χ2v) is 5.27. The van der Waals surface area contributed by atoms with Gasteiger partial charge < -0.3 is 15.3 Å². The normalized spacial score (nSPS) is 23.8. The summed E-state index contributed by atoms with van der Waals surface area (Å²) in [4.78, 5) is 14.5. The summed E-state index contributed by atoms with van der Waals surface area (Å²) < 4.78 is 0. The van der Waals surface area contributed by atoms with Gasteiger partial charge in [-0.1, -0.05) is 18.2 Å². The third kappa shape index (κ3) is 2.65. The molecule has 2 N–H and O–H groups in total. The predicted molar refractivity (Wildman–Crippen MR) is 76.4 cm³/mol. The zero-order valence-corrected chi connectivity index (χ0v) is 11.8. The molecule has 0 spiro atoms. The number of carbonyl (C=O) groups excluding carboxylic acids is 1. The molecule has 1 fully saturated rings. The quantitative estimate of drug-likeness (QED) is 0.865. The van der Waals surface area contributed by atoms with E-state index in [-0.39, 0.29) is 24.6 Å². The molecule has 0 saturated carbocycles. The fourth-order valence-electron chi connectivity index (χ4n) is 2.75. The number of benzene rings is 1. The Morgan fingerprint density at radius 3 is 2.58 bits per heavy atom. The summed E-state index contributed by atoms with van der Waals surface area (Å²) in [6, 6.07) is 5.93. The van der Waals surface area contributed by atoms with Gasteiger partial charge in [-0.15, -0.1) is 0 Å². The van der Waals surface area contributed by atoms with Crippen molar-refractivity contribution in [3.8, 4) is 0 Å². The summed E-state index contributed by atoms with van der Waals surface area (Å²) >= 11 is 0. The van der Waals surface area contributed by atoms with Crippen LogP contribution in [-0.4, -0.2) is 36.2 Å². The van der Waals surface area contributed by atoms with Crippen LogP contribution >= 0.6 is 0 Å². The van der Waals surface area contributed by atoms with Gasteiger partial charge in [0.05, 0.1) is 6.04 Å². The number of para-hydroxylation sites is 1. The van der Waals surface area contributed by atoms with Crippen LogP contribution in [0, 0.1) is 13.8 Å². The number of piperazine rings is 1. The van der Waals surface area contributed by atoms with E-state index in [0.29, 0.717) is 6.42 Å². The summed E-state index contributed by atoms with van der Waals surface area (Å²) in [6.45, 7) is 6.89. The maximum Gasteiger partial charge on any atom is 0.244 e. The molecule has 104 valence electrons. The molecule has 1 amide bonds. The minimum atomic E-state index is -0.278. The predicted octanol–water partition coefficient (Wildman–Crippen LogP) is 1.38. The molecule has 1 aromatic carbocycles. The maximum atomic E-state index is 12.6. The number of nitrogens with zero attached hydrogens (tertiary/aromatic N) is 1. The Kier molecular flexibility index (Phi) is 4.22. The Hall–Kier alpha value is -1.39. The molecular formula is C15H22N2O2. The van der Waals surface area contributed by atoms with E-state index < -0.39 is 0 Å². The van der Waals surface area contributed by atoms with E-state index in [2.05, 4.69) is 5.32 Å². The lowest BCUT2D eigenvalue weighted by Gasteiger charge is -2.39. The summed E-state index contributed by atoms with van der Waals surface area (Å²) in [5.74, 6) is 0.0604. The Morgan fingerprint density at radius 2 is 2.00 bits per heavy atom. The van der Waals surface area contributed by atoms with Crippen molar-refractivity contribution in [2.75, 3.05) is 18.1 Å². The van der Waals surface area contributed by atoms with Gasteiger partial charge in [0, 0.05) is 24.9 Å². The number of carbonyl (C=O) groups is 1. The first-order chi connectivity index (χ1) is 9.06. The molecule has 19 heavy (non-hydrogen) atoms. The molecule has 2 atom stereocenters. The Balaban J connectivity index is 2.38. The van der Waals surface area contributed by atoms with Crippen LogP contribution in [0.2, 0.25) is 0 Å². The SMILES string of the molecule is Cc1cccc(C)c1N1C(=O)C(CCO)NCC1C. The first-order valence-electron chi connectivity index (χ1n) is 6.79. The minimum Gasteiger partial charge on any atom is -0.396 e. The Morgan fingerprint density at radius 1 is 1.37 bits per heavy atom. The molecule has 1 heterocycles. The molecule has 4 heteroatoms. The highest BCUT2D eigenvalue weighted by molar-refractivity contribution is 5.99. The van der Waals surface area contributed by atoms with Crippen LogP contribution in [0.1, 0.15) is 24.5 Å². The number of rotatable bonds is 3. The van der Waals surface area contributed by atoms with Gasteiger partial charge in [0.1, 0.15) is 0 Å². The van der Waals surface area contributed by atoms with E-state index in [9.17, 15) is 4.79 Å². The average molecular weight is 262 g/mol. The number of amides is 1. The van der Waals surface area contributed by atoms with E-state index in [4.69, 9.17) is 5.11 Å². The fourth-order valence-corrected chi connectivity index (χ4v) is 2.75. The van der Waals surface area contributed by atoms with Gasteiger partial charge in [-0.2, -0.15) is 0 Å². The minimum absolute atomic E-state index is 0.0262. The zero-order chi connectivity index (χ0) is 14.0. The molecule has 1 aliphatic heterocycles. The number of aryl methyl sites for hydroxylation is 2. The van der Waals surface area contributed by atoms with Crippen molar-refractivity contribution in [3.63, 3.8) is 0 Å². The molecule has 0 radical (unpaired) electrons. The van der Waals surface area contributed by atoms with Crippen molar-refractivity contribution in [2.24, 2.45) is 0 Å². The smallest absolute Gasteiger partial charge is 0.244 e. The van der Waals surface area contributed by atoms with Gasteiger partial charge in [-0.05, 0) is 38.3 Å². The Labute approximate surface area is 114 Å². The molecule has 1 saturated heterocycles. The number of aliphatic hydroxyl groups is 1. The number of nitrogens with one attached hydrogen (secondary N) is 1. The molecule has 1 aromatic rings. The first-order valence-corrected chi connectivity index (χ1v) is 6.79. The second kappa shape index (κ2) is 5.72. The fraction of sp³-hybridized carbons (Fsp3) is 0.533. The van der Waals surface area contributed by atoms with Gasteiger partial charge in [-0.3, -0.25) is 4.79 Å². The molecular weight excluding hydrogens is 240 g/mol. The van der Waals surface area contributed by atoms with Crippen LogP contribution in [0.25, 0.3) is 0 Å². The summed E-state index contributed by atoms with van der Waals surface area (Å²) in [6.07, 6.45) is 0.465. The summed E-state index contributed by atoms with van der Waals surface area (Å²) in [5, 5.41) is 12.3. The molecule has 2 unspecified atom stereocenters. The second-order valence-electron chi connectivity index (χ2n) is 5.27. The molecule has 0 aromatic heterocycles. The van der Waals surface area contributed by atoms with Crippen LogP contribution in [0.4, 0.5) is 5.69 Å². The van der Waals surface area contributed by atoms with Crippen LogP contribution < -0.4 is 10.2 Å². The van der Waals surface area contributed by atoms with E-state index in [1.807, 2.05) is 43.9 Å². The van der Waals surface area contributed by atoms with Crippen molar-refractivity contribution >= 4 is 11.6 Å². The maximum absolute atomic E-state index is 12.6. The number of aliphatic hydroxyl groups excluding tert-OH is 1. The van der Waals surface area contributed by atoms with E-state index in [1.165, 1.54) is 0 Å². The third-order valence-electron chi connectivity index (χ3n) is 3.73. The zero-order valence-electron chi connectivity index (χ0n) is 11.8. The largest absolute Gasteiger partial charge is 0.396 e. The molecule has 4 nitrogen and oxygen atoms in total. The van der Waals surface area contributed by atoms with Crippen molar-refractivity contribution in [1.29, 1.82) is 0 Å². The van der Waals surface area contributed by atoms with E-state index in [1.54, 1.807) is 0 Å². The lowest BCUT2D eigenvalue weighted by atomic mass is 10.0. The highest BCUT2D eigenvalue weighted by Crippen LogP contribution is 2.28. The van der Waals surface area contributed by atoms with Crippen molar-refractivity contribution < 1.29 is 9.90 Å². The summed E-state index contributed by atoms with van der Waals surface area (Å²) in [7, 11) is 0. The van der Waals surface area contributed by atoms with Gasteiger partial charge in [0.25, 0.3) is 0 Å². The van der Waals surface area contributed by atoms with Crippen LogP contribution in [0.3, 0.4) is 0 Å². The first kappa shape index (κ1) is 14.0. The standard InChI is InChI=1S/C15H22N2O2/c1-10-5-4-6-11(2)14(10)17-12(3)9-16-13(7-8-18)15(17)19/h4-6,12-13,16,18H,7-9H2,1-3H3. The van der Waals surface area contributed by atoms with E-state index in [0.717, 1.165) is 23.4 Å². The van der Waals surface area contributed by atoms with Gasteiger partial charge >= 0.3 is 0 Å². The van der Waals surface area contributed by atoms with Crippen molar-refractivity contribution in [2.45, 2.75) is 39.3 Å². The number of hydrogen-bond acceptors (Lipinski definition) is 3. The van der Waals surface area contributed by atoms with Crippen molar-refractivity contribution in [1.82, 2.24) is 5.32 Å². The molecule has 0 bridgehead atoms. The van der Waals surface area contributed by atoms with Gasteiger partial charge in [0.2, 0.25) is 5.91 Å². The Bertz CT molecular complexity index is 453. The highest BCUT2D eigenvalue weighted by Gasteiger charge is 2.34. The topological polar surface area (TPSA) is 52.6 Å². The monoisotopic (exact) mass is 262 g/mol. The van der Waals surface area contributed by atoms with Crippen molar-refractivity contribution in [3.05, 3.63) is 29.3 Å². The number of anilines is 1. The average Bonchev–Trinajstić information content (AvgIpc) is 2.36. The third-order valence-corrected chi connectivity index (χ3v) is 3.73. The summed E-state index contributed by atoms with van der Waals surface area (Å²) in [5.41, 5.74) is 3.25. The molecule has 2 rings (SSSR count). The van der Waals surface area contributed by atoms with E-state index >= 15 is 0 Å². The van der Waals surface area contributed by atoms with Crippen LogP contribution in [0.15, 0.2) is 18.2 Å². The van der Waals surface area contributed by atoms with Gasteiger partial charge in [-0.25, -0.2) is 0 Å². The highest BCUT2D eigenvalue weighted by atomic mass is 16.3. The lowest BCUT2D eigenvalue weighted by Crippen LogP contribution is -2.60. The lowest BCUT2D eigenvalue weighted by molar-refractivity contribution is -0.122. The number of hydrogen-bond donors (Lipinski definition) is 2. The van der Waals surface area contributed by atoms with Crippen LogP contribution in [-0.2, 0) is 4.79 Å². The van der Waals surface area contributed by atoms with Gasteiger partial charge in [0.15, 0.2) is 0 Å². The molecule has 0 aliphatic carbocycles.